The van der Waals surface area contributed by atoms with Crippen molar-refractivity contribution in [3.8, 4) is 11.3 Å². The first kappa shape index (κ1) is 25.5. The summed E-state index contributed by atoms with van der Waals surface area (Å²) in [6.45, 7) is 1.52. The van der Waals surface area contributed by atoms with Crippen LogP contribution in [0, 0.1) is 17.6 Å². The third-order valence-corrected chi connectivity index (χ3v) is 7.67. The molecule has 196 valence electrons. The average molecular weight is 539 g/mol. The van der Waals surface area contributed by atoms with Gasteiger partial charge in [0.1, 0.15) is 17.7 Å². The molecule has 1 unspecified atom stereocenters. The second-order valence-electron chi connectivity index (χ2n) is 9.34. The predicted octanol–water partition coefficient (Wildman–Crippen LogP) is 4.22. The van der Waals surface area contributed by atoms with E-state index in [1.807, 2.05) is 22.7 Å². The van der Waals surface area contributed by atoms with E-state index in [0.29, 0.717) is 18.5 Å². The Hall–Kier alpha value is -4.12. The lowest BCUT2D eigenvalue weighted by Gasteiger charge is -2.18. The molecule has 0 fully saturated rings. The normalized spacial score (nSPS) is 15.6. The molecule has 0 saturated carbocycles. The number of carbonyl (C=O) groups excluding carboxylic acids is 2. The monoisotopic (exact) mass is 538 g/mol. The van der Waals surface area contributed by atoms with E-state index in [2.05, 4.69) is 10.6 Å². The molecule has 11 heteroatoms. The summed E-state index contributed by atoms with van der Waals surface area (Å²) in [7, 11) is 0. The number of hydrogen-bond acceptors (Lipinski definition) is 5. The molecule has 2 aromatic heterocycles. The Balaban J connectivity index is 1.21. The lowest BCUT2D eigenvalue weighted by atomic mass is 9.91. The fourth-order valence-electron chi connectivity index (χ4n) is 4.56. The van der Waals surface area contributed by atoms with Gasteiger partial charge in [0.25, 0.3) is 0 Å². The minimum atomic E-state index is -0.874. The maximum atomic E-state index is 13.3. The maximum absolute atomic E-state index is 13.3. The molecule has 2 aromatic carbocycles. The molecule has 3 N–H and O–H groups in total. The number of rotatable bonds is 7. The van der Waals surface area contributed by atoms with Gasteiger partial charge < -0.3 is 15.7 Å². The molecular weight excluding hydrogens is 514 g/mol. The summed E-state index contributed by atoms with van der Waals surface area (Å²) in [5.74, 6) is -3.69. The lowest BCUT2D eigenvalue weighted by Crippen LogP contribution is -2.42. The minimum Gasteiger partial charge on any atom is -0.481 e. The molecule has 38 heavy (non-hydrogen) atoms. The molecule has 1 aliphatic carbocycles. The van der Waals surface area contributed by atoms with E-state index in [4.69, 9.17) is 4.98 Å². The third kappa shape index (κ3) is 5.42. The summed E-state index contributed by atoms with van der Waals surface area (Å²) in [6.07, 6.45) is 3.51. The Morgan fingerprint density at radius 2 is 1.87 bits per heavy atom. The molecule has 8 nitrogen and oxygen atoms in total. The van der Waals surface area contributed by atoms with Crippen molar-refractivity contribution in [3.05, 3.63) is 76.4 Å². The van der Waals surface area contributed by atoms with E-state index < -0.39 is 35.5 Å². The summed E-state index contributed by atoms with van der Waals surface area (Å²) < 4.78 is 28.6. The van der Waals surface area contributed by atoms with Crippen molar-refractivity contribution < 1.29 is 28.3 Å². The van der Waals surface area contributed by atoms with E-state index in [9.17, 15) is 28.3 Å². The number of aromatic nitrogens is 2. The topological polar surface area (TPSA) is 113 Å². The summed E-state index contributed by atoms with van der Waals surface area (Å²) in [6, 6.07) is 9.07. The van der Waals surface area contributed by atoms with Crippen LogP contribution >= 0.6 is 11.3 Å². The first-order chi connectivity index (χ1) is 18.2. The van der Waals surface area contributed by atoms with Gasteiger partial charge in [-0.3, -0.25) is 18.8 Å². The number of carbonyl (C=O) groups is 3. The van der Waals surface area contributed by atoms with Crippen molar-refractivity contribution >= 4 is 39.8 Å². The number of nitrogens with one attached hydrogen (secondary N) is 2. The largest absolute Gasteiger partial charge is 0.481 e. The van der Waals surface area contributed by atoms with Gasteiger partial charge in [0, 0.05) is 40.5 Å². The molecule has 2 atom stereocenters. The first-order valence-corrected chi connectivity index (χ1v) is 12.9. The second kappa shape index (κ2) is 10.3. The zero-order valence-electron chi connectivity index (χ0n) is 20.3. The van der Waals surface area contributed by atoms with Gasteiger partial charge in [0.05, 0.1) is 18.0 Å². The molecule has 0 aliphatic heterocycles. The summed E-state index contributed by atoms with van der Waals surface area (Å²) in [4.78, 5) is 42.9. The van der Waals surface area contributed by atoms with Gasteiger partial charge >= 0.3 is 5.97 Å². The van der Waals surface area contributed by atoms with Crippen LogP contribution in [0.5, 0.6) is 0 Å². The average Bonchev–Trinajstić information content (AvgIpc) is 3.41. The van der Waals surface area contributed by atoms with Crippen molar-refractivity contribution in [2.75, 3.05) is 5.32 Å². The highest BCUT2D eigenvalue weighted by atomic mass is 32.1. The van der Waals surface area contributed by atoms with Crippen LogP contribution in [0.15, 0.2) is 48.7 Å². The first-order valence-electron chi connectivity index (χ1n) is 12.0. The van der Waals surface area contributed by atoms with Gasteiger partial charge in [-0.1, -0.05) is 12.1 Å². The Labute approximate surface area is 220 Å². The van der Waals surface area contributed by atoms with E-state index in [-0.39, 0.29) is 17.9 Å². The molecule has 2 amide bonds. The second-order valence-corrected chi connectivity index (χ2v) is 10.4. The fraction of sp³-hybridized carbons (Fsp3) is 0.259. The van der Waals surface area contributed by atoms with Crippen molar-refractivity contribution in [1.82, 2.24) is 14.7 Å². The molecule has 0 bridgehead atoms. The van der Waals surface area contributed by atoms with E-state index in [0.717, 1.165) is 46.5 Å². The number of aliphatic carboxylic acids is 1. The minimum absolute atomic E-state index is 0.171. The smallest absolute Gasteiger partial charge is 0.306 e. The Bertz CT molecular complexity index is 1530. The van der Waals surface area contributed by atoms with Crippen LogP contribution in [0.4, 0.5) is 14.5 Å². The zero-order valence-corrected chi connectivity index (χ0v) is 21.1. The van der Waals surface area contributed by atoms with Crippen LogP contribution < -0.4 is 10.6 Å². The van der Waals surface area contributed by atoms with Crippen molar-refractivity contribution in [3.63, 3.8) is 0 Å². The lowest BCUT2D eigenvalue weighted by molar-refractivity contribution is -0.142. The number of carboxylic acids is 1. The number of amides is 2. The van der Waals surface area contributed by atoms with Crippen LogP contribution in [0.3, 0.4) is 0 Å². The molecule has 0 spiro atoms. The number of imidazole rings is 1. The number of thiazole rings is 1. The van der Waals surface area contributed by atoms with Crippen molar-refractivity contribution in [2.24, 2.45) is 5.92 Å². The van der Waals surface area contributed by atoms with Crippen LogP contribution in [-0.4, -0.2) is 38.3 Å². The van der Waals surface area contributed by atoms with Crippen LogP contribution in [0.2, 0.25) is 0 Å². The number of carboxylic acid groups (broad SMARTS) is 1. The Kier molecular flexibility index (Phi) is 6.94. The number of nitrogens with zero attached hydrogens (tertiary/aromatic N) is 2. The molecule has 2 heterocycles. The van der Waals surface area contributed by atoms with Crippen LogP contribution in [0.1, 0.15) is 29.5 Å². The fourth-order valence-corrected chi connectivity index (χ4v) is 5.71. The maximum Gasteiger partial charge on any atom is 0.306 e. The quantitative estimate of drug-likeness (QED) is 0.326. The highest BCUT2D eigenvalue weighted by molar-refractivity contribution is 7.17. The molecular formula is C27H24F2N4O4S. The van der Waals surface area contributed by atoms with Crippen LogP contribution in [-0.2, 0) is 33.6 Å². The van der Waals surface area contributed by atoms with Gasteiger partial charge in [-0.05, 0) is 49.6 Å². The SMILES string of the molecule is C[C@H](NC(=O)Cc1cc(F)cc(F)c1)C(=O)Nc1ccc(-c2cn3c4c(sc3n2)CCC(C(=O)O)C4)cc1. The number of aryl methyl sites for hydroxylation is 1. The Morgan fingerprint density at radius 1 is 1.16 bits per heavy atom. The van der Waals surface area contributed by atoms with E-state index >= 15 is 0 Å². The molecule has 4 aromatic rings. The molecule has 1 aliphatic rings. The number of halogens is 2. The van der Waals surface area contributed by atoms with Crippen LogP contribution in [0.25, 0.3) is 16.2 Å². The number of hydrogen-bond donors (Lipinski definition) is 3. The summed E-state index contributed by atoms with van der Waals surface area (Å²) >= 11 is 1.58. The number of anilines is 1. The van der Waals surface area contributed by atoms with E-state index in [1.165, 1.54) is 11.8 Å². The van der Waals surface area contributed by atoms with Gasteiger partial charge in [0.2, 0.25) is 11.8 Å². The van der Waals surface area contributed by atoms with Gasteiger partial charge in [-0.25, -0.2) is 13.8 Å². The van der Waals surface area contributed by atoms with E-state index in [1.54, 1.807) is 23.5 Å². The zero-order chi connectivity index (χ0) is 27.0. The standard InChI is InChI=1S/C27H24F2N4O4S/c1-14(30-24(34)10-15-8-18(28)12-19(29)9-15)25(35)31-20-5-2-16(3-6-20)21-13-33-22-11-17(26(36)37)4-7-23(22)38-27(33)32-21/h2-3,5-6,8-9,12-14,17H,4,7,10-11H2,1H3,(H,30,34)(H,31,35)(H,36,37)/t14-,17?/m0/s1. The molecule has 0 radical (unpaired) electrons. The van der Waals surface area contributed by atoms with Gasteiger partial charge in [0.15, 0.2) is 4.96 Å². The predicted molar refractivity (Wildman–Crippen MR) is 138 cm³/mol. The van der Waals surface area contributed by atoms with Gasteiger partial charge in [-0.2, -0.15) is 0 Å². The Morgan fingerprint density at radius 3 is 2.55 bits per heavy atom. The summed E-state index contributed by atoms with van der Waals surface area (Å²) in [5, 5.41) is 14.7. The third-order valence-electron chi connectivity index (χ3n) is 6.52. The van der Waals surface area contributed by atoms with Crippen molar-refractivity contribution in [1.29, 1.82) is 0 Å². The number of fused-ring (bicyclic) bond motifs is 3. The highest BCUT2D eigenvalue weighted by Gasteiger charge is 2.28. The molecule has 0 saturated heterocycles. The van der Waals surface area contributed by atoms with Crippen molar-refractivity contribution in [2.45, 2.75) is 38.6 Å². The van der Waals surface area contributed by atoms with Gasteiger partial charge in [-0.15, -0.1) is 11.3 Å². The molecule has 5 rings (SSSR count). The highest BCUT2D eigenvalue weighted by Crippen LogP contribution is 2.34. The number of benzene rings is 2. The summed E-state index contributed by atoms with van der Waals surface area (Å²) in [5.41, 5.74) is 3.27.